The van der Waals surface area contributed by atoms with E-state index in [0.717, 1.165) is 11.3 Å². The molecule has 1 aromatic rings. The largest absolute Gasteiger partial charge is 0.492 e. The first-order valence-corrected chi connectivity index (χ1v) is 6.92. The van der Waals surface area contributed by atoms with E-state index in [2.05, 4.69) is 0 Å². The number of aryl methyl sites for hydroxylation is 1. The van der Waals surface area contributed by atoms with Gasteiger partial charge in [-0.2, -0.15) is 0 Å². The average molecular weight is 278 g/mol. The molecule has 2 rings (SSSR count). The zero-order valence-electron chi connectivity index (χ0n) is 12.0. The second kappa shape index (κ2) is 6.72. The Morgan fingerprint density at radius 2 is 2.35 bits per heavy atom. The van der Waals surface area contributed by atoms with Gasteiger partial charge in [0.15, 0.2) is 0 Å². The van der Waals surface area contributed by atoms with Crippen LogP contribution < -0.4 is 10.5 Å². The van der Waals surface area contributed by atoms with E-state index in [9.17, 15) is 4.79 Å². The monoisotopic (exact) mass is 278 g/mol. The van der Waals surface area contributed by atoms with Crippen LogP contribution in [0.5, 0.6) is 5.75 Å². The molecule has 2 atom stereocenters. The van der Waals surface area contributed by atoms with Crippen molar-refractivity contribution in [1.82, 2.24) is 4.90 Å². The van der Waals surface area contributed by atoms with Gasteiger partial charge in [-0.3, -0.25) is 9.69 Å². The summed E-state index contributed by atoms with van der Waals surface area (Å²) in [6.07, 6.45) is -0.166. The molecule has 1 aromatic carbocycles. The van der Waals surface area contributed by atoms with Crippen LogP contribution in [0, 0.1) is 6.92 Å². The molecule has 0 bridgehead atoms. The second-order valence-corrected chi connectivity index (χ2v) is 5.12. The number of nitrogens with zero attached hydrogens (tertiary/aromatic N) is 1. The van der Waals surface area contributed by atoms with Crippen LogP contribution in [0.3, 0.4) is 0 Å². The molecule has 110 valence electrons. The van der Waals surface area contributed by atoms with Crippen LogP contribution in [0.4, 0.5) is 0 Å². The molecule has 1 amide bonds. The van der Waals surface area contributed by atoms with Crippen LogP contribution in [-0.2, 0) is 9.53 Å². The van der Waals surface area contributed by atoms with Gasteiger partial charge in [-0.15, -0.1) is 0 Å². The first kappa shape index (κ1) is 14.8. The number of carbonyl (C=O) groups excluding carboxylic acids is 1. The fraction of sp³-hybridized carbons (Fsp3) is 0.533. The maximum absolute atomic E-state index is 11.5. The lowest BCUT2D eigenvalue weighted by Gasteiger charge is -2.37. The van der Waals surface area contributed by atoms with Crippen molar-refractivity contribution in [1.29, 1.82) is 0 Å². The van der Waals surface area contributed by atoms with E-state index in [-0.39, 0.29) is 18.1 Å². The second-order valence-electron chi connectivity index (χ2n) is 5.12. The molecule has 0 radical (unpaired) electrons. The van der Waals surface area contributed by atoms with Crippen LogP contribution in [0.2, 0.25) is 0 Å². The van der Waals surface area contributed by atoms with Crippen molar-refractivity contribution in [3.63, 3.8) is 0 Å². The molecule has 1 saturated heterocycles. The van der Waals surface area contributed by atoms with E-state index in [1.54, 1.807) is 0 Å². The maximum Gasteiger partial charge on any atom is 0.237 e. The third-order valence-corrected chi connectivity index (χ3v) is 3.53. The molecule has 1 aliphatic rings. The van der Waals surface area contributed by atoms with Crippen molar-refractivity contribution in [2.75, 3.05) is 26.3 Å². The summed E-state index contributed by atoms with van der Waals surface area (Å²) < 4.78 is 11.2. The van der Waals surface area contributed by atoms with E-state index in [1.165, 1.54) is 0 Å². The van der Waals surface area contributed by atoms with Crippen LogP contribution in [0.25, 0.3) is 0 Å². The third kappa shape index (κ3) is 3.71. The molecular formula is C15H22N2O3. The zero-order valence-corrected chi connectivity index (χ0v) is 12.0. The Balaban J connectivity index is 1.87. The summed E-state index contributed by atoms with van der Waals surface area (Å²) in [5.74, 6) is 0.509. The molecule has 0 unspecified atom stereocenters. The van der Waals surface area contributed by atoms with E-state index in [1.807, 2.05) is 43.0 Å². The van der Waals surface area contributed by atoms with Crippen LogP contribution in [-0.4, -0.2) is 49.3 Å². The van der Waals surface area contributed by atoms with Gasteiger partial charge in [0, 0.05) is 13.1 Å². The summed E-state index contributed by atoms with van der Waals surface area (Å²) in [6, 6.07) is 7.55. The van der Waals surface area contributed by atoms with Crippen molar-refractivity contribution >= 4 is 5.91 Å². The average Bonchev–Trinajstić information content (AvgIpc) is 2.38. The minimum Gasteiger partial charge on any atom is -0.492 e. The highest BCUT2D eigenvalue weighted by atomic mass is 16.5. The molecule has 1 fully saturated rings. The SMILES string of the molecule is Cc1cccc(OCCN2CCO[C@H](C)[C@H]2C(N)=O)c1. The molecule has 2 N–H and O–H groups in total. The molecule has 0 spiro atoms. The van der Waals surface area contributed by atoms with Crippen LogP contribution in [0.1, 0.15) is 12.5 Å². The molecule has 1 aliphatic heterocycles. The number of ether oxygens (including phenoxy) is 2. The Bertz CT molecular complexity index is 464. The van der Waals surface area contributed by atoms with Crippen molar-refractivity contribution in [3.05, 3.63) is 29.8 Å². The van der Waals surface area contributed by atoms with E-state index in [4.69, 9.17) is 15.2 Å². The number of carbonyl (C=O) groups is 1. The Labute approximate surface area is 119 Å². The Kier molecular flexibility index (Phi) is 4.98. The summed E-state index contributed by atoms with van der Waals surface area (Å²) in [7, 11) is 0. The Hall–Kier alpha value is -1.59. The zero-order chi connectivity index (χ0) is 14.5. The quantitative estimate of drug-likeness (QED) is 0.871. The van der Waals surface area contributed by atoms with Gasteiger partial charge in [0.2, 0.25) is 5.91 Å². The smallest absolute Gasteiger partial charge is 0.237 e. The lowest BCUT2D eigenvalue weighted by molar-refractivity contribution is -0.136. The minimum absolute atomic E-state index is 0.166. The Morgan fingerprint density at radius 3 is 3.05 bits per heavy atom. The fourth-order valence-electron chi connectivity index (χ4n) is 2.53. The number of hydrogen-bond donors (Lipinski definition) is 1. The predicted molar refractivity (Wildman–Crippen MR) is 76.6 cm³/mol. The highest BCUT2D eigenvalue weighted by Gasteiger charge is 2.33. The number of rotatable bonds is 5. The number of hydrogen-bond acceptors (Lipinski definition) is 4. The van der Waals surface area contributed by atoms with Gasteiger partial charge in [-0.05, 0) is 31.5 Å². The summed E-state index contributed by atoms with van der Waals surface area (Å²) in [4.78, 5) is 13.5. The summed E-state index contributed by atoms with van der Waals surface area (Å²) in [5.41, 5.74) is 6.61. The number of amides is 1. The van der Waals surface area contributed by atoms with Crippen molar-refractivity contribution in [2.24, 2.45) is 5.73 Å². The lowest BCUT2D eigenvalue weighted by Crippen LogP contribution is -2.57. The molecule has 20 heavy (non-hydrogen) atoms. The van der Waals surface area contributed by atoms with Crippen LogP contribution in [0.15, 0.2) is 24.3 Å². The van der Waals surface area contributed by atoms with Crippen LogP contribution >= 0.6 is 0 Å². The molecule has 5 nitrogen and oxygen atoms in total. The number of benzene rings is 1. The van der Waals surface area contributed by atoms with Crippen molar-refractivity contribution < 1.29 is 14.3 Å². The first-order chi connectivity index (χ1) is 9.58. The van der Waals surface area contributed by atoms with Gasteiger partial charge in [0.1, 0.15) is 18.4 Å². The summed E-state index contributed by atoms with van der Waals surface area (Å²) in [5, 5.41) is 0. The molecule has 0 aliphatic carbocycles. The van der Waals surface area contributed by atoms with Gasteiger partial charge in [0.25, 0.3) is 0 Å². The lowest BCUT2D eigenvalue weighted by atomic mass is 10.1. The van der Waals surface area contributed by atoms with E-state index < -0.39 is 0 Å². The van der Waals surface area contributed by atoms with E-state index >= 15 is 0 Å². The predicted octanol–water partition coefficient (Wildman–Crippen LogP) is 0.948. The van der Waals surface area contributed by atoms with E-state index in [0.29, 0.717) is 26.3 Å². The molecule has 0 saturated carbocycles. The third-order valence-electron chi connectivity index (χ3n) is 3.53. The highest BCUT2D eigenvalue weighted by Crippen LogP contribution is 2.15. The van der Waals surface area contributed by atoms with Gasteiger partial charge < -0.3 is 15.2 Å². The number of morpholine rings is 1. The molecule has 5 heteroatoms. The van der Waals surface area contributed by atoms with Gasteiger partial charge in [-0.25, -0.2) is 0 Å². The standard InChI is InChI=1S/C15H22N2O3/c1-11-4-3-5-13(10-11)20-9-7-17-6-8-19-12(2)14(17)15(16)18/h3-5,10,12,14H,6-9H2,1-2H3,(H2,16,18)/t12-,14+/m1/s1. The first-order valence-electron chi connectivity index (χ1n) is 6.92. The van der Waals surface area contributed by atoms with Crippen molar-refractivity contribution in [2.45, 2.75) is 26.0 Å². The molecular weight excluding hydrogens is 256 g/mol. The van der Waals surface area contributed by atoms with Gasteiger partial charge >= 0.3 is 0 Å². The number of primary amides is 1. The highest BCUT2D eigenvalue weighted by molar-refractivity contribution is 5.80. The van der Waals surface area contributed by atoms with Gasteiger partial charge in [0.05, 0.1) is 12.7 Å². The fourth-order valence-corrected chi connectivity index (χ4v) is 2.53. The summed E-state index contributed by atoms with van der Waals surface area (Å²) in [6.45, 7) is 6.42. The van der Waals surface area contributed by atoms with Crippen molar-refractivity contribution in [3.8, 4) is 5.75 Å². The normalized spacial score (nSPS) is 23.5. The Morgan fingerprint density at radius 1 is 1.55 bits per heavy atom. The minimum atomic E-state index is -0.371. The van der Waals surface area contributed by atoms with Gasteiger partial charge in [-0.1, -0.05) is 12.1 Å². The maximum atomic E-state index is 11.5. The number of nitrogens with two attached hydrogens (primary N) is 1. The summed E-state index contributed by atoms with van der Waals surface area (Å²) >= 11 is 0. The molecule has 0 aromatic heterocycles. The molecule has 1 heterocycles. The topological polar surface area (TPSA) is 64.8 Å².